The molecule has 2 aromatic rings. The average Bonchev–Trinajstić information content (AvgIpc) is 3.08. The zero-order valence-electron chi connectivity index (χ0n) is 28.9. The molecule has 2 aliphatic rings. The van der Waals surface area contributed by atoms with Crippen LogP contribution in [0.2, 0.25) is 0 Å². The van der Waals surface area contributed by atoms with E-state index in [1.54, 1.807) is 0 Å². The maximum absolute atomic E-state index is 13.2. The molecule has 0 fully saturated rings. The minimum Gasteiger partial charge on any atom is -0.456 e. The van der Waals surface area contributed by atoms with Gasteiger partial charge in [-0.1, -0.05) is 6.07 Å². The molecule has 0 saturated carbocycles. The van der Waals surface area contributed by atoms with E-state index < -0.39 is 25.0 Å². The molecular formula is C35H48N3O9S2+. The lowest BCUT2D eigenvalue weighted by Crippen LogP contribution is -2.29. The first-order valence-corrected chi connectivity index (χ1v) is 19.6. The minimum absolute atomic E-state index is 0.0521. The normalized spacial score (nSPS) is 12.2. The Balaban J connectivity index is 1.76. The van der Waals surface area contributed by atoms with E-state index in [0.29, 0.717) is 54.3 Å². The van der Waals surface area contributed by atoms with Crippen molar-refractivity contribution in [3.63, 3.8) is 0 Å². The van der Waals surface area contributed by atoms with Crippen molar-refractivity contribution in [1.29, 1.82) is 0 Å². The van der Waals surface area contributed by atoms with Gasteiger partial charge in [0.2, 0.25) is 15.4 Å². The second-order valence-electron chi connectivity index (χ2n) is 11.1. The van der Waals surface area contributed by atoms with Crippen LogP contribution in [0.15, 0.2) is 68.8 Å². The van der Waals surface area contributed by atoms with E-state index in [1.165, 1.54) is 12.1 Å². The molecule has 1 heterocycles. The molecule has 0 saturated heterocycles. The molecule has 0 unspecified atom stereocenters. The molecule has 0 radical (unpaired) electrons. The minimum atomic E-state index is -4.89. The van der Waals surface area contributed by atoms with Crippen LogP contribution in [0.4, 0.5) is 5.69 Å². The Labute approximate surface area is 289 Å². The van der Waals surface area contributed by atoms with Crippen LogP contribution in [0.5, 0.6) is 0 Å². The van der Waals surface area contributed by atoms with E-state index >= 15 is 0 Å². The van der Waals surface area contributed by atoms with E-state index in [9.17, 15) is 21.4 Å². The number of benzene rings is 3. The highest BCUT2D eigenvalue weighted by molar-refractivity contribution is 7.89. The summed E-state index contributed by atoms with van der Waals surface area (Å²) < 4.78 is 89.9. The Bertz CT molecular complexity index is 1970. The van der Waals surface area contributed by atoms with Crippen molar-refractivity contribution in [2.24, 2.45) is 0 Å². The quantitative estimate of drug-likeness (QED) is 0.0617. The zero-order chi connectivity index (χ0) is 35.6. The fourth-order valence-electron chi connectivity index (χ4n) is 5.73. The van der Waals surface area contributed by atoms with E-state index in [4.69, 9.17) is 18.6 Å². The largest absolute Gasteiger partial charge is 0.456 e. The molecule has 12 nitrogen and oxygen atoms in total. The van der Waals surface area contributed by atoms with Gasteiger partial charge in [0.1, 0.15) is 29.3 Å². The van der Waals surface area contributed by atoms with Crippen molar-refractivity contribution in [2.45, 2.75) is 44.4 Å². The summed E-state index contributed by atoms with van der Waals surface area (Å²) in [5.41, 5.74) is 2.70. The molecule has 1 aliphatic heterocycles. The van der Waals surface area contributed by atoms with Crippen molar-refractivity contribution < 1.29 is 40.0 Å². The number of nitrogens with zero attached hydrogens (tertiary/aromatic N) is 2. The number of ether oxygens (including phenoxy) is 3. The number of hydrogen-bond acceptors (Lipinski definition) is 9. The highest BCUT2D eigenvalue weighted by Gasteiger charge is 2.27. The van der Waals surface area contributed by atoms with Gasteiger partial charge in [0, 0.05) is 66.1 Å². The second-order valence-corrected chi connectivity index (χ2v) is 14.3. The number of fused-ring (bicyclic) bond motifs is 2. The Kier molecular flexibility index (Phi) is 13.7. The maximum atomic E-state index is 13.2. The molecule has 2 aromatic carbocycles. The predicted octanol–water partition coefficient (Wildman–Crippen LogP) is 4.46. The van der Waals surface area contributed by atoms with Gasteiger partial charge in [0.05, 0.1) is 44.0 Å². The van der Waals surface area contributed by atoms with Crippen LogP contribution in [-0.4, -0.2) is 93.8 Å². The number of anilines is 1. The fraction of sp³-hybridized carbons (Fsp3) is 0.457. The molecular weight excluding hydrogens is 671 g/mol. The van der Waals surface area contributed by atoms with Gasteiger partial charge in [0.25, 0.3) is 10.1 Å². The van der Waals surface area contributed by atoms with Crippen LogP contribution in [0.25, 0.3) is 33.4 Å². The molecule has 49 heavy (non-hydrogen) atoms. The van der Waals surface area contributed by atoms with E-state index in [-0.39, 0.29) is 30.2 Å². The summed E-state index contributed by atoms with van der Waals surface area (Å²) in [7, 11) is -9.05. The van der Waals surface area contributed by atoms with Gasteiger partial charge < -0.3 is 23.5 Å². The first-order valence-electron chi connectivity index (χ1n) is 16.7. The maximum Gasteiger partial charge on any atom is 0.295 e. The number of nitrogens with one attached hydrogen (secondary N) is 1. The summed E-state index contributed by atoms with van der Waals surface area (Å²) in [6, 6.07) is 15.2. The van der Waals surface area contributed by atoms with Gasteiger partial charge in [-0.25, -0.2) is 17.7 Å². The van der Waals surface area contributed by atoms with Crippen molar-refractivity contribution in [2.75, 3.05) is 77.3 Å². The average molecular weight is 719 g/mol. The van der Waals surface area contributed by atoms with Crippen molar-refractivity contribution in [3.8, 4) is 22.5 Å². The molecule has 0 bridgehead atoms. The molecule has 268 valence electrons. The second kappa shape index (κ2) is 17.5. The van der Waals surface area contributed by atoms with Crippen LogP contribution in [0.3, 0.4) is 0 Å². The summed E-state index contributed by atoms with van der Waals surface area (Å²) in [5.74, 6) is 0.517. The smallest absolute Gasteiger partial charge is 0.295 e. The lowest BCUT2D eigenvalue weighted by atomic mass is 9.93. The number of sulfonamides is 1. The Morgan fingerprint density at radius 2 is 1.43 bits per heavy atom. The third-order valence-electron chi connectivity index (χ3n) is 8.24. The van der Waals surface area contributed by atoms with Gasteiger partial charge in [-0.15, -0.1) is 0 Å². The predicted molar refractivity (Wildman–Crippen MR) is 191 cm³/mol. The summed E-state index contributed by atoms with van der Waals surface area (Å²) in [5, 5.41) is 1.55. The lowest BCUT2D eigenvalue weighted by molar-refractivity contribution is 0.0181. The lowest BCUT2D eigenvalue weighted by Gasteiger charge is -2.22. The SMILES string of the molecule is CCOCCOCCOCCNS(=O)(=O)c1ccc(-c2c3ccc(=[N+](CC)CC)cc-3oc3cc(N(CC)CC)ccc23)c(S(=O)(=O)O)c1. The Morgan fingerprint density at radius 3 is 2.06 bits per heavy atom. The van der Waals surface area contributed by atoms with E-state index in [1.807, 2.05) is 43.3 Å². The summed E-state index contributed by atoms with van der Waals surface area (Å²) in [6.07, 6.45) is 0. The van der Waals surface area contributed by atoms with Crippen LogP contribution >= 0.6 is 0 Å². The third-order valence-corrected chi connectivity index (χ3v) is 10.6. The van der Waals surface area contributed by atoms with E-state index in [0.717, 1.165) is 43.3 Å². The van der Waals surface area contributed by atoms with Gasteiger partial charge in [-0.2, -0.15) is 8.42 Å². The van der Waals surface area contributed by atoms with Crippen molar-refractivity contribution in [3.05, 3.63) is 60.0 Å². The molecule has 2 N–H and O–H groups in total. The summed E-state index contributed by atoms with van der Waals surface area (Å²) >= 11 is 0. The third kappa shape index (κ3) is 9.45. The topological polar surface area (TPSA) is 148 Å². The van der Waals surface area contributed by atoms with Gasteiger partial charge in [-0.05, 0) is 65.0 Å². The molecule has 0 atom stereocenters. The number of rotatable bonds is 19. The highest BCUT2D eigenvalue weighted by atomic mass is 32.2. The van der Waals surface area contributed by atoms with E-state index in [2.05, 4.69) is 41.9 Å². The molecule has 14 heteroatoms. The number of hydrogen-bond donors (Lipinski definition) is 2. The van der Waals surface area contributed by atoms with Crippen LogP contribution in [0, 0.1) is 0 Å². The monoisotopic (exact) mass is 718 g/mol. The first kappa shape index (κ1) is 38.4. The Hall–Kier alpha value is -3.37. The van der Waals surface area contributed by atoms with Crippen LogP contribution < -0.4 is 19.6 Å². The van der Waals surface area contributed by atoms with Gasteiger partial charge in [0.15, 0.2) is 0 Å². The summed E-state index contributed by atoms with van der Waals surface area (Å²) in [6.45, 7) is 15.4. The first-order chi connectivity index (χ1) is 23.5. The standard InChI is InChI=1S/C35H47N3O9S2/c1-6-37(7-2)26-11-14-29-32(23-26)47-33-24-27(38(8-3)9-4)12-15-30(33)35(29)31-16-13-28(25-34(31)49(41,42)43)48(39,40)36-17-18-45-21-22-46-20-19-44-10-5/h11-16,23-25,36H,6-10,17-22H2,1-5H3/p+1. The molecule has 1 aliphatic carbocycles. The summed E-state index contributed by atoms with van der Waals surface area (Å²) in [4.78, 5) is 1.32. The van der Waals surface area contributed by atoms with Crippen molar-refractivity contribution in [1.82, 2.24) is 9.30 Å². The molecule has 4 rings (SSSR count). The fourth-order valence-corrected chi connectivity index (χ4v) is 7.57. The van der Waals surface area contributed by atoms with Gasteiger partial charge in [-0.3, -0.25) is 4.55 Å². The van der Waals surface area contributed by atoms with Gasteiger partial charge >= 0.3 is 0 Å². The highest BCUT2D eigenvalue weighted by Crippen LogP contribution is 2.43. The Morgan fingerprint density at radius 1 is 0.776 bits per heavy atom. The molecule has 0 aromatic heterocycles. The molecule has 0 spiro atoms. The van der Waals surface area contributed by atoms with Crippen LogP contribution in [-0.2, 0) is 34.4 Å². The molecule has 0 amide bonds. The van der Waals surface area contributed by atoms with Crippen molar-refractivity contribution >= 4 is 36.8 Å². The van der Waals surface area contributed by atoms with Crippen LogP contribution in [0.1, 0.15) is 34.6 Å². The zero-order valence-corrected chi connectivity index (χ0v) is 30.5.